The first kappa shape index (κ1) is 19.1. The zero-order valence-corrected chi connectivity index (χ0v) is 17.2. The quantitative estimate of drug-likeness (QED) is 0.623. The highest BCUT2D eigenvalue weighted by Crippen LogP contribution is 2.37. The summed E-state index contributed by atoms with van der Waals surface area (Å²) in [6.45, 7) is 4.15. The average molecular weight is 418 g/mol. The topological polar surface area (TPSA) is 76.3 Å². The lowest BCUT2D eigenvalue weighted by molar-refractivity contribution is 0.290. The Hall–Kier alpha value is -2.22. The molecule has 0 aliphatic carbocycles. The van der Waals surface area contributed by atoms with Crippen LogP contribution in [0.3, 0.4) is 0 Å². The summed E-state index contributed by atoms with van der Waals surface area (Å²) in [7, 11) is -3.70. The molecular formula is C20H20ClN3O3S. The van der Waals surface area contributed by atoms with Gasteiger partial charge in [-0.15, -0.1) is 0 Å². The van der Waals surface area contributed by atoms with E-state index < -0.39 is 16.1 Å². The normalized spacial score (nSPS) is 17.9. The maximum absolute atomic E-state index is 13.3. The minimum absolute atomic E-state index is 0.252. The molecule has 1 aliphatic heterocycles. The SMILES string of the molecule is Cc1cccc(-c2noc(C3CCCN3S(=O)(=O)c3ccc(Cl)cc3C)n2)c1. The van der Waals surface area contributed by atoms with Crippen molar-refractivity contribution in [2.75, 3.05) is 6.54 Å². The number of rotatable bonds is 4. The lowest BCUT2D eigenvalue weighted by Gasteiger charge is -2.22. The van der Waals surface area contributed by atoms with Crippen LogP contribution in [0, 0.1) is 13.8 Å². The summed E-state index contributed by atoms with van der Waals surface area (Å²) < 4.78 is 33.4. The molecule has 1 aliphatic rings. The molecule has 1 fully saturated rings. The van der Waals surface area contributed by atoms with E-state index >= 15 is 0 Å². The Morgan fingerprint density at radius 3 is 2.75 bits per heavy atom. The highest BCUT2D eigenvalue weighted by molar-refractivity contribution is 7.89. The van der Waals surface area contributed by atoms with Crippen LogP contribution in [-0.2, 0) is 10.0 Å². The van der Waals surface area contributed by atoms with E-state index in [0.29, 0.717) is 35.3 Å². The minimum Gasteiger partial charge on any atom is -0.337 e. The molecule has 1 aromatic heterocycles. The molecule has 0 saturated carbocycles. The van der Waals surface area contributed by atoms with Gasteiger partial charge < -0.3 is 4.52 Å². The number of nitrogens with zero attached hydrogens (tertiary/aromatic N) is 3. The van der Waals surface area contributed by atoms with Gasteiger partial charge >= 0.3 is 0 Å². The Bertz CT molecular complexity index is 1130. The summed E-state index contributed by atoms with van der Waals surface area (Å²) in [6, 6.07) is 12.1. The lowest BCUT2D eigenvalue weighted by Crippen LogP contribution is -2.31. The van der Waals surface area contributed by atoms with Crippen LogP contribution in [0.2, 0.25) is 5.02 Å². The fourth-order valence-electron chi connectivity index (χ4n) is 3.58. The smallest absolute Gasteiger partial charge is 0.245 e. The van der Waals surface area contributed by atoms with Crippen LogP contribution < -0.4 is 0 Å². The summed E-state index contributed by atoms with van der Waals surface area (Å²) in [5, 5.41) is 4.57. The van der Waals surface area contributed by atoms with Crippen molar-refractivity contribution in [1.82, 2.24) is 14.4 Å². The number of hydrogen-bond acceptors (Lipinski definition) is 5. The Morgan fingerprint density at radius 1 is 1.18 bits per heavy atom. The summed E-state index contributed by atoms with van der Waals surface area (Å²) in [5.74, 6) is 0.787. The largest absolute Gasteiger partial charge is 0.337 e. The average Bonchev–Trinajstić information content (AvgIpc) is 3.31. The first-order valence-electron chi connectivity index (χ1n) is 9.05. The molecular weight excluding hydrogens is 398 g/mol. The van der Waals surface area contributed by atoms with Crippen LogP contribution in [0.5, 0.6) is 0 Å². The molecule has 3 aromatic rings. The highest BCUT2D eigenvalue weighted by atomic mass is 35.5. The van der Waals surface area contributed by atoms with E-state index in [4.69, 9.17) is 16.1 Å². The standard InChI is InChI=1S/C20H20ClN3O3S/c1-13-5-3-6-15(11-13)19-22-20(27-23-19)17-7-4-10-24(17)28(25,26)18-9-8-16(21)12-14(18)2/h3,5-6,8-9,11-12,17H,4,7,10H2,1-2H3. The third kappa shape index (κ3) is 3.45. The molecule has 8 heteroatoms. The molecule has 28 heavy (non-hydrogen) atoms. The van der Waals surface area contributed by atoms with Crippen molar-refractivity contribution >= 4 is 21.6 Å². The van der Waals surface area contributed by atoms with Crippen molar-refractivity contribution < 1.29 is 12.9 Å². The fraction of sp³-hybridized carbons (Fsp3) is 0.300. The molecule has 146 valence electrons. The molecule has 2 heterocycles. The Balaban J connectivity index is 1.67. The Kier molecular flexibility index (Phi) is 4.99. The van der Waals surface area contributed by atoms with Crippen LogP contribution >= 0.6 is 11.6 Å². The van der Waals surface area contributed by atoms with Gasteiger partial charge in [-0.2, -0.15) is 9.29 Å². The maximum Gasteiger partial charge on any atom is 0.245 e. The molecule has 2 aromatic carbocycles. The minimum atomic E-state index is -3.70. The Labute approximate surface area is 169 Å². The van der Waals surface area contributed by atoms with Gasteiger partial charge in [0.15, 0.2) is 0 Å². The van der Waals surface area contributed by atoms with E-state index in [1.807, 2.05) is 31.2 Å². The third-order valence-corrected chi connectivity index (χ3v) is 7.23. The van der Waals surface area contributed by atoms with Crippen molar-refractivity contribution in [3.63, 3.8) is 0 Å². The van der Waals surface area contributed by atoms with Crippen LogP contribution in [-0.4, -0.2) is 29.4 Å². The maximum atomic E-state index is 13.3. The molecule has 6 nitrogen and oxygen atoms in total. The van der Waals surface area contributed by atoms with Gasteiger partial charge in [0.25, 0.3) is 0 Å². The second-order valence-electron chi connectivity index (χ2n) is 7.01. The number of sulfonamides is 1. The predicted molar refractivity (Wildman–Crippen MR) is 107 cm³/mol. The molecule has 0 radical (unpaired) electrons. The number of aromatic nitrogens is 2. The first-order chi connectivity index (χ1) is 13.4. The van der Waals surface area contributed by atoms with Crippen molar-refractivity contribution in [1.29, 1.82) is 0 Å². The van der Waals surface area contributed by atoms with Crippen molar-refractivity contribution in [3.8, 4) is 11.4 Å². The van der Waals surface area contributed by atoms with E-state index in [1.54, 1.807) is 25.1 Å². The van der Waals surface area contributed by atoms with E-state index in [1.165, 1.54) is 4.31 Å². The van der Waals surface area contributed by atoms with Crippen LogP contribution in [0.4, 0.5) is 0 Å². The number of hydrogen-bond donors (Lipinski definition) is 0. The van der Waals surface area contributed by atoms with Gasteiger partial charge in [-0.05, 0) is 56.5 Å². The molecule has 1 unspecified atom stereocenters. The van der Waals surface area contributed by atoms with Gasteiger partial charge in [-0.1, -0.05) is 40.5 Å². The molecule has 1 atom stereocenters. The van der Waals surface area contributed by atoms with Crippen molar-refractivity contribution in [2.45, 2.75) is 37.6 Å². The van der Waals surface area contributed by atoms with Gasteiger partial charge in [0.05, 0.1) is 4.90 Å². The van der Waals surface area contributed by atoms with Crippen molar-refractivity contribution in [2.24, 2.45) is 0 Å². The molecule has 0 amide bonds. The molecule has 4 rings (SSSR count). The number of halogens is 1. The van der Waals surface area contributed by atoms with Gasteiger partial charge in [0.1, 0.15) is 6.04 Å². The highest BCUT2D eigenvalue weighted by Gasteiger charge is 2.40. The zero-order valence-electron chi connectivity index (χ0n) is 15.6. The lowest BCUT2D eigenvalue weighted by atomic mass is 10.1. The fourth-order valence-corrected chi connectivity index (χ4v) is 5.66. The van der Waals surface area contributed by atoms with Crippen LogP contribution in [0.1, 0.15) is 35.9 Å². The molecule has 1 saturated heterocycles. The molecule has 0 bridgehead atoms. The van der Waals surface area contributed by atoms with Gasteiger partial charge in [-0.3, -0.25) is 0 Å². The third-order valence-electron chi connectivity index (χ3n) is 4.93. The molecule has 0 spiro atoms. The second-order valence-corrected chi connectivity index (χ2v) is 9.30. The summed E-state index contributed by atoms with van der Waals surface area (Å²) >= 11 is 5.98. The number of aryl methyl sites for hydroxylation is 2. The Morgan fingerprint density at radius 2 is 2.00 bits per heavy atom. The van der Waals surface area contributed by atoms with E-state index in [9.17, 15) is 8.42 Å². The summed E-state index contributed by atoms with van der Waals surface area (Å²) in [6.07, 6.45) is 1.38. The van der Waals surface area contributed by atoms with Crippen LogP contribution in [0.15, 0.2) is 51.9 Å². The van der Waals surface area contributed by atoms with E-state index in [2.05, 4.69) is 10.1 Å². The van der Waals surface area contributed by atoms with Gasteiger partial charge in [-0.25, -0.2) is 8.42 Å². The zero-order chi connectivity index (χ0) is 19.9. The van der Waals surface area contributed by atoms with Gasteiger partial charge in [0, 0.05) is 17.1 Å². The van der Waals surface area contributed by atoms with Crippen LogP contribution in [0.25, 0.3) is 11.4 Å². The van der Waals surface area contributed by atoms with E-state index in [0.717, 1.165) is 17.5 Å². The number of benzene rings is 2. The van der Waals surface area contributed by atoms with E-state index in [-0.39, 0.29) is 4.90 Å². The monoisotopic (exact) mass is 417 g/mol. The summed E-state index contributed by atoms with van der Waals surface area (Å²) in [4.78, 5) is 4.74. The second kappa shape index (κ2) is 7.31. The van der Waals surface area contributed by atoms with Gasteiger partial charge in [0.2, 0.25) is 21.7 Å². The van der Waals surface area contributed by atoms with Crippen molar-refractivity contribution in [3.05, 3.63) is 64.5 Å². The first-order valence-corrected chi connectivity index (χ1v) is 10.9. The summed E-state index contributed by atoms with van der Waals surface area (Å²) in [5.41, 5.74) is 2.55. The molecule has 0 N–H and O–H groups in total. The predicted octanol–water partition coefficient (Wildman–Crippen LogP) is 4.53.